The van der Waals surface area contributed by atoms with E-state index < -0.39 is 0 Å². The Morgan fingerprint density at radius 3 is 2.56 bits per heavy atom. The second-order valence-corrected chi connectivity index (χ2v) is 7.89. The number of amides is 1. The van der Waals surface area contributed by atoms with E-state index in [4.69, 9.17) is 9.47 Å². The van der Waals surface area contributed by atoms with E-state index in [1.165, 1.54) is 16.0 Å². The number of halogens is 1. The average Bonchev–Trinajstić information content (AvgIpc) is 2.59. The van der Waals surface area contributed by atoms with Crippen molar-refractivity contribution in [2.24, 2.45) is 0 Å². The Labute approximate surface area is 160 Å². The van der Waals surface area contributed by atoms with Gasteiger partial charge >= 0.3 is 0 Å². The number of ether oxygens (including phenoxy) is 2. The van der Waals surface area contributed by atoms with Gasteiger partial charge in [0, 0.05) is 33.7 Å². The molecule has 0 saturated carbocycles. The Bertz CT molecular complexity index is 794. The summed E-state index contributed by atoms with van der Waals surface area (Å²) in [4.78, 5) is 13.4. The minimum absolute atomic E-state index is 0.0197. The molecule has 0 aliphatic carbocycles. The van der Waals surface area contributed by atoms with E-state index in [-0.39, 0.29) is 5.91 Å². The second-order valence-electron chi connectivity index (χ2n) is 5.87. The Morgan fingerprint density at radius 2 is 1.84 bits per heavy atom. The topological polar surface area (TPSA) is 47.6 Å². The molecule has 0 spiro atoms. The lowest BCUT2D eigenvalue weighted by molar-refractivity contribution is -0.115. The SMILES string of the molecule is Cc1ccc(SCCC(=O)Nc2cc3c(cc2Br)OCCO3)cc1C. The zero-order valence-electron chi connectivity index (χ0n) is 14.2. The molecule has 1 aliphatic heterocycles. The fourth-order valence-corrected chi connectivity index (χ4v) is 3.81. The minimum atomic E-state index is -0.0197. The van der Waals surface area contributed by atoms with Crippen LogP contribution in [0.1, 0.15) is 17.5 Å². The first-order valence-electron chi connectivity index (χ1n) is 8.12. The van der Waals surface area contributed by atoms with E-state index in [0.29, 0.717) is 36.8 Å². The standard InChI is InChI=1S/C19H20BrNO3S/c1-12-3-4-14(9-13(12)2)25-8-5-19(22)21-16-11-18-17(10-15(16)20)23-6-7-24-18/h3-4,9-11H,5-8H2,1-2H3,(H,21,22). The number of rotatable bonds is 5. The largest absolute Gasteiger partial charge is 0.486 e. The van der Waals surface area contributed by atoms with Gasteiger partial charge < -0.3 is 14.8 Å². The zero-order chi connectivity index (χ0) is 17.8. The number of carbonyl (C=O) groups is 1. The number of thioether (sulfide) groups is 1. The summed E-state index contributed by atoms with van der Waals surface area (Å²) < 4.78 is 11.9. The van der Waals surface area contributed by atoms with Crippen LogP contribution in [0.3, 0.4) is 0 Å². The van der Waals surface area contributed by atoms with Gasteiger partial charge in [0.25, 0.3) is 0 Å². The highest BCUT2D eigenvalue weighted by Crippen LogP contribution is 2.38. The van der Waals surface area contributed by atoms with Crippen molar-refractivity contribution in [3.05, 3.63) is 45.9 Å². The molecule has 0 fully saturated rings. The zero-order valence-corrected chi connectivity index (χ0v) is 16.6. The number of hydrogen-bond donors (Lipinski definition) is 1. The molecule has 0 bridgehead atoms. The Morgan fingerprint density at radius 1 is 1.12 bits per heavy atom. The van der Waals surface area contributed by atoms with Gasteiger partial charge in [-0.3, -0.25) is 4.79 Å². The molecule has 132 valence electrons. The fourth-order valence-electron chi connectivity index (χ4n) is 2.44. The lowest BCUT2D eigenvalue weighted by Gasteiger charge is -2.20. The molecular formula is C19H20BrNO3S. The maximum absolute atomic E-state index is 12.2. The number of anilines is 1. The van der Waals surface area contributed by atoms with E-state index in [0.717, 1.165) is 10.2 Å². The molecule has 2 aromatic rings. The minimum Gasteiger partial charge on any atom is -0.486 e. The third kappa shape index (κ3) is 4.70. The monoisotopic (exact) mass is 421 g/mol. The van der Waals surface area contributed by atoms with Crippen LogP contribution >= 0.6 is 27.7 Å². The molecule has 1 aliphatic rings. The maximum atomic E-state index is 12.2. The molecule has 0 saturated heterocycles. The Kier molecular flexibility index (Phi) is 5.91. The second kappa shape index (κ2) is 8.15. The van der Waals surface area contributed by atoms with Crippen LogP contribution in [-0.4, -0.2) is 24.9 Å². The van der Waals surface area contributed by atoms with Crippen LogP contribution in [0.4, 0.5) is 5.69 Å². The van der Waals surface area contributed by atoms with Crippen molar-refractivity contribution in [1.82, 2.24) is 0 Å². The predicted molar refractivity (Wildman–Crippen MR) is 105 cm³/mol. The molecule has 6 heteroatoms. The molecule has 0 radical (unpaired) electrons. The third-order valence-electron chi connectivity index (χ3n) is 3.98. The van der Waals surface area contributed by atoms with Gasteiger partial charge in [0.2, 0.25) is 5.91 Å². The van der Waals surface area contributed by atoms with E-state index in [1.54, 1.807) is 17.8 Å². The van der Waals surface area contributed by atoms with Crippen LogP contribution < -0.4 is 14.8 Å². The lowest BCUT2D eigenvalue weighted by atomic mass is 10.1. The van der Waals surface area contributed by atoms with Crippen molar-refractivity contribution < 1.29 is 14.3 Å². The smallest absolute Gasteiger partial charge is 0.225 e. The molecule has 0 aromatic heterocycles. The van der Waals surface area contributed by atoms with E-state index in [9.17, 15) is 4.79 Å². The summed E-state index contributed by atoms with van der Waals surface area (Å²) in [5.41, 5.74) is 3.26. The van der Waals surface area contributed by atoms with E-state index in [1.807, 2.05) is 6.07 Å². The van der Waals surface area contributed by atoms with Crippen molar-refractivity contribution in [3.63, 3.8) is 0 Å². The molecule has 0 atom stereocenters. The van der Waals surface area contributed by atoms with Crippen molar-refractivity contribution >= 4 is 39.3 Å². The summed E-state index contributed by atoms with van der Waals surface area (Å²) in [6.07, 6.45) is 0.443. The summed E-state index contributed by atoms with van der Waals surface area (Å²) in [7, 11) is 0. The number of nitrogens with one attached hydrogen (secondary N) is 1. The van der Waals surface area contributed by atoms with Gasteiger partial charge in [-0.2, -0.15) is 0 Å². The average molecular weight is 422 g/mol. The predicted octanol–water partition coefficient (Wildman–Crippen LogP) is 4.96. The fraction of sp³-hybridized carbons (Fsp3) is 0.316. The van der Waals surface area contributed by atoms with Crippen LogP contribution in [0.5, 0.6) is 11.5 Å². The van der Waals surface area contributed by atoms with E-state index in [2.05, 4.69) is 53.3 Å². The molecule has 25 heavy (non-hydrogen) atoms. The van der Waals surface area contributed by atoms with Gasteiger partial charge in [-0.05, 0) is 53.0 Å². The maximum Gasteiger partial charge on any atom is 0.225 e. The van der Waals surface area contributed by atoms with Crippen molar-refractivity contribution in [3.8, 4) is 11.5 Å². The van der Waals surface area contributed by atoms with E-state index >= 15 is 0 Å². The number of benzene rings is 2. The highest BCUT2D eigenvalue weighted by molar-refractivity contribution is 9.10. The molecule has 1 N–H and O–H groups in total. The van der Waals surface area contributed by atoms with Crippen LogP contribution in [0.2, 0.25) is 0 Å². The number of hydrogen-bond acceptors (Lipinski definition) is 4. The molecule has 1 amide bonds. The summed E-state index contributed by atoms with van der Waals surface area (Å²) in [6.45, 7) is 5.27. The molecule has 1 heterocycles. The Hall–Kier alpha value is -1.66. The van der Waals surface area contributed by atoms with Crippen LogP contribution in [0.15, 0.2) is 39.7 Å². The Balaban J connectivity index is 1.55. The summed E-state index contributed by atoms with van der Waals surface area (Å²) in [6, 6.07) is 10.0. The number of aryl methyl sites for hydroxylation is 2. The molecular weight excluding hydrogens is 402 g/mol. The van der Waals surface area contributed by atoms with Gasteiger partial charge in [-0.1, -0.05) is 6.07 Å². The van der Waals surface area contributed by atoms with Crippen LogP contribution in [0, 0.1) is 13.8 Å². The van der Waals surface area contributed by atoms with Gasteiger partial charge in [-0.15, -0.1) is 11.8 Å². The van der Waals surface area contributed by atoms with Gasteiger partial charge in [-0.25, -0.2) is 0 Å². The van der Waals surface area contributed by atoms with Gasteiger partial charge in [0.05, 0.1) is 5.69 Å². The molecule has 4 nitrogen and oxygen atoms in total. The number of fused-ring (bicyclic) bond motifs is 1. The summed E-state index contributed by atoms with van der Waals surface area (Å²) in [5.74, 6) is 2.07. The van der Waals surface area contributed by atoms with Gasteiger partial charge in [0.1, 0.15) is 13.2 Å². The first kappa shape index (κ1) is 18.1. The summed E-state index contributed by atoms with van der Waals surface area (Å²) in [5, 5.41) is 2.93. The van der Waals surface area contributed by atoms with Crippen molar-refractivity contribution in [1.29, 1.82) is 0 Å². The number of carbonyl (C=O) groups excluding carboxylic acids is 1. The highest BCUT2D eigenvalue weighted by atomic mass is 79.9. The molecule has 3 rings (SSSR count). The summed E-state index contributed by atoms with van der Waals surface area (Å²) >= 11 is 5.16. The lowest BCUT2D eigenvalue weighted by Crippen LogP contribution is -2.17. The van der Waals surface area contributed by atoms with Crippen molar-refractivity contribution in [2.75, 3.05) is 24.3 Å². The first-order valence-corrected chi connectivity index (χ1v) is 9.90. The quantitative estimate of drug-likeness (QED) is 0.693. The van der Waals surface area contributed by atoms with Crippen molar-refractivity contribution in [2.45, 2.75) is 25.2 Å². The normalized spacial score (nSPS) is 12.8. The third-order valence-corrected chi connectivity index (χ3v) is 5.63. The van der Waals surface area contributed by atoms with Gasteiger partial charge in [0.15, 0.2) is 11.5 Å². The van der Waals surface area contributed by atoms with Crippen LogP contribution in [0.25, 0.3) is 0 Å². The molecule has 0 unspecified atom stereocenters. The highest BCUT2D eigenvalue weighted by Gasteiger charge is 2.16. The first-order chi connectivity index (χ1) is 12.0. The molecule has 2 aromatic carbocycles. The van der Waals surface area contributed by atoms with Crippen LogP contribution in [-0.2, 0) is 4.79 Å².